The number of carbonyl (C=O) groups excluding carboxylic acids is 1. The maximum atomic E-state index is 12.5. The van der Waals surface area contributed by atoms with Crippen molar-refractivity contribution >= 4 is 11.6 Å². The lowest BCUT2D eigenvalue weighted by Crippen LogP contribution is -2.40. The Morgan fingerprint density at radius 2 is 1.87 bits per heavy atom. The molecule has 23 heavy (non-hydrogen) atoms. The van der Waals surface area contributed by atoms with Crippen molar-refractivity contribution in [1.82, 2.24) is 4.90 Å². The third-order valence-electron chi connectivity index (χ3n) is 3.81. The number of hydrogen-bond acceptors (Lipinski definition) is 5. The van der Waals surface area contributed by atoms with Gasteiger partial charge in [0.1, 0.15) is 11.5 Å². The van der Waals surface area contributed by atoms with E-state index < -0.39 is 4.92 Å². The molecule has 1 amide bonds. The summed E-state index contributed by atoms with van der Waals surface area (Å²) in [6, 6.07) is 7.74. The maximum absolute atomic E-state index is 12.5. The van der Waals surface area contributed by atoms with E-state index in [1.165, 1.54) is 12.1 Å². The summed E-state index contributed by atoms with van der Waals surface area (Å²) in [5.41, 5.74) is 1.22. The van der Waals surface area contributed by atoms with Crippen LogP contribution < -0.4 is 0 Å². The molecule has 0 saturated carbocycles. The van der Waals surface area contributed by atoms with Gasteiger partial charge in [0, 0.05) is 30.8 Å². The first-order valence-electron chi connectivity index (χ1n) is 7.28. The molecular formula is C16H16N2O5. The number of nitro benzene ring substituents is 1. The number of non-ortho nitro benzene ring substituents is 1. The number of aryl methyl sites for hydroxylation is 1. The molecule has 0 unspecified atom stereocenters. The van der Waals surface area contributed by atoms with Crippen molar-refractivity contribution < 1.29 is 18.9 Å². The molecule has 0 aliphatic carbocycles. The number of furan rings is 1. The Morgan fingerprint density at radius 1 is 1.22 bits per heavy atom. The highest BCUT2D eigenvalue weighted by Crippen LogP contribution is 2.28. The number of morpholine rings is 1. The predicted molar refractivity (Wildman–Crippen MR) is 82.3 cm³/mol. The monoisotopic (exact) mass is 316 g/mol. The van der Waals surface area contributed by atoms with Crippen LogP contribution in [0, 0.1) is 17.0 Å². The highest BCUT2D eigenvalue weighted by molar-refractivity contribution is 5.96. The summed E-state index contributed by atoms with van der Waals surface area (Å²) in [6.07, 6.45) is 0. The first kappa shape index (κ1) is 15.2. The number of nitrogens with zero attached hydrogens (tertiary/aromatic N) is 2. The first-order chi connectivity index (χ1) is 11.1. The minimum absolute atomic E-state index is 0.0154. The number of nitro groups is 1. The van der Waals surface area contributed by atoms with Crippen molar-refractivity contribution in [1.29, 1.82) is 0 Å². The molecule has 1 aliphatic rings. The minimum atomic E-state index is -0.454. The van der Waals surface area contributed by atoms with Crippen molar-refractivity contribution in [2.75, 3.05) is 26.3 Å². The second-order valence-corrected chi connectivity index (χ2v) is 5.29. The molecule has 1 aromatic heterocycles. The fourth-order valence-corrected chi connectivity index (χ4v) is 2.52. The molecule has 120 valence electrons. The molecule has 7 nitrogen and oxygen atoms in total. The summed E-state index contributed by atoms with van der Waals surface area (Å²) in [6.45, 7) is 3.95. The Balaban J connectivity index is 1.85. The van der Waals surface area contributed by atoms with Crippen LogP contribution in [0.2, 0.25) is 0 Å². The fraction of sp³-hybridized carbons (Fsp3) is 0.312. The van der Waals surface area contributed by atoms with Gasteiger partial charge in [0.2, 0.25) is 0 Å². The van der Waals surface area contributed by atoms with E-state index in [4.69, 9.17) is 9.15 Å². The van der Waals surface area contributed by atoms with Gasteiger partial charge in [0.25, 0.3) is 11.6 Å². The van der Waals surface area contributed by atoms with Crippen LogP contribution in [0.3, 0.4) is 0 Å². The summed E-state index contributed by atoms with van der Waals surface area (Å²) in [7, 11) is 0. The minimum Gasteiger partial charge on any atom is -0.461 e. The Hall–Kier alpha value is -2.67. The number of rotatable bonds is 3. The van der Waals surface area contributed by atoms with E-state index in [1.54, 1.807) is 30.0 Å². The van der Waals surface area contributed by atoms with Gasteiger partial charge in [-0.05, 0) is 25.1 Å². The third kappa shape index (κ3) is 3.09. The second kappa shape index (κ2) is 6.21. The van der Waals surface area contributed by atoms with Gasteiger partial charge in [-0.2, -0.15) is 0 Å². The van der Waals surface area contributed by atoms with Gasteiger partial charge >= 0.3 is 0 Å². The molecule has 0 spiro atoms. The number of carbonyl (C=O) groups is 1. The standard InChI is InChI=1S/C16H16N2O5/c1-11-14(16(19)17-6-8-22-9-7-17)10-15(23-11)12-2-4-13(5-3-12)18(20)21/h2-5,10H,6-9H2,1H3. The summed E-state index contributed by atoms with van der Waals surface area (Å²) in [4.78, 5) is 24.5. The van der Waals surface area contributed by atoms with Crippen molar-refractivity contribution in [2.45, 2.75) is 6.92 Å². The largest absolute Gasteiger partial charge is 0.461 e. The zero-order chi connectivity index (χ0) is 16.4. The first-order valence-corrected chi connectivity index (χ1v) is 7.28. The Kier molecular flexibility index (Phi) is 4.12. The van der Waals surface area contributed by atoms with E-state index in [0.717, 1.165) is 0 Å². The lowest BCUT2D eigenvalue weighted by atomic mass is 10.1. The molecular weight excluding hydrogens is 300 g/mol. The molecule has 1 saturated heterocycles. The molecule has 3 rings (SSSR count). The van der Waals surface area contributed by atoms with Crippen LogP contribution in [0.1, 0.15) is 16.1 Å². The van der Waals surface area contributed by atoms with Crippen LogP contribution in [0.25, 0.3) is 11.3 Å². The predicted octanol–water partition coefficient (Wildman–Crippen LogP) is 2.64. The van der Waals surface area contributed by atoms with Gasteiger partial charge in [-0.15, -0.1) is 0 Å². The Bertz CT molecular complexity index is 729. The van der Waals surface area contributed by atoms with Crippen LogP contribution in [0.4, 0.5) is 5.69 Å². The van der Waals surface area contributed by atoms with Crippen molar-refractivity contribution in [3.63, 3.8) is 0 Å². The van der Waals surface area contributed by atoms with E-state index >= 15 is 0 Å². The van der Waals surface area contributed by atoms with Crippen LogP contribution in [-0.2, 0) is 4.74 Å². The van der Waals surface area contributed by atoms with Crippen molar-refractivity contribution in [3.8, 4) is 11.3 Å². The number of ether oxygens (including phenoxy) is 1. The Labute approximate surface area is 132 Å². The molecule has 0 atom stereocenters. The van der Waals surface area contributed by atoms with Gasteiger partial charge in [0.15, 0.2) is 0 Å². The van der Waals surface area contributed by atoms with Crippen molar-refractivity contribution in [3.05, 3.63) is 51.8 Å². The molecule has 0 radical (unpaired) electrons. The average molecular weight is 316 g/mol. The van der Waals surface area contributed by atoms with Crippen LogP contribution in [0.5, 0.6) is 0 Å². The number of amides is 1. The van der Waals surface area contributed by atoms with E-state index in [9.17, 15) is 14.9 Å². The highest BCUT2D eigenvalue weighted by atomic mass is 16.6. The third-order valence-corrected chi connectivity index (χ3v) is 3.81. The molecule has 0 bridgehead atoms. The highest BCUT2D eigenvalue weighted by Gasteiger charge is 2.23. The topological polar surface area (TPSA) is 85.8 Å². The lowest BCUT2D eigenvalue weighted by molar-refractivity contribution is -0.384. The zero-order valence-corrected chi connectivity index (χ0v) is 12.7. The van der Waals surface area contributed by atoms with E-state index in [0.29, 0.717) is 49.0 Å². The van der Waals surface area contributed by atoms with Gasteiger partial charge < -0.3 is 14.1 Å². The number of hydrogen-bond donors (Lipinski definition) is 0. The molecule has 1 fully saturated rings. The fourth-order valence-electron chi connectivity index (χ4n) is 2.52. The lowest BCUT2D eigenvalue weighted by Gasteiger charge is -2.26. The van der Waals surface area contributed by atoms with Crippen LogP contribution >= 0.6 is 0 Å². The summed E-state index contributed by atoms with van der Waals surface area (Å²) >= 11 is 0. The molecule has 2 heterocycles. The zero-order valence-electron chi connectivity index (χ0n) is 12.7. The van der Waals surface area contributed by atoms with E-state index in [2.05, 4.69) is 0 Å². The SMILES string of the molecule is Cc1oc(-c2ccc([N+](=O)[O-])cc2)cc1C(=O)N1CCOCC1. The van der Waals surface area contributed by atoms with Gasteiger partial charge in [0.05, 0.1) is 23.7 Å². The van der Waals surface area contributed by atoms with Gasteiger partial charge in [-0.3, -0.25) is 14.9 Å². The molecule has 1 aromatic carbocycles. The maximum Gasteiger partial charge on any atom is 0.269 e. The quantitative estimate of drug-likeness (QED) is 0.642. The van der Waals surface area contributed by atoms with Gasteiger partial charge in [-0.25, -0.2) is 0 Å². The van der Waals surface area contributed by atoms with E-state index in [1.807, 2.05) is 0 Å². The van der Waals surface area contributed by atoms with Gasteiger partial charge in [-0.1, -0.05) is 0 Å². The Morgan fingerprint density at radius 3 is 2.48 bits per heavy atom. The summed E-state index contributed by atoms with van der Waals surface area (Å²) < 4.78 is 10.9. The number of benzene rings is 1. The smallest absolute Gasteiger partial charge is 0.269 e. The van der Waals surface area contributed by atoms with E-state index in [-0.39, 0.29) is 11.6 Å². The van der Waals surface area contributed by atoms with Crippen molar-refractivity contribution in [2.24, 2.45) is 0 Å². The summed E-state index contributed by atoms with van der Waals surface area (Å²) in [5, 5.41) is 10.7. The van der Waals surface area contributed by atoms with Crippen LogP contribution in [0.15, 0.2) is 34.7 Å². The summed E-state index contributed by atoms with van der Waals surface area (Å²) in [5.74, 6) is 0.978. The normalized spacial score (nSPS) is 14.7. The molecule has 1 aliphatic heterocycles. The molecule has 0 N–H and O–H groups in total. The average Bonchev–Trinajstić information content (AvgIpc) is 2.97. The van der Waals surface area contributed by atoms with Crippen LogP contribution in [-0.4, -0.2) is 42.0 Å². The molecule has 2 aromatic rings. The molecule has 7 heteroatoms. The second-order valence-electron chi connectivity index (χ2n) is 5.29.